The van der Waals surface area contributed by atoms with Crippen molar-refractivity contribution in [2.75, 3.05) is 11.5 Å². The van der Waals surface area contributed by atoms with Gasteiger partial charge in [0.05, 0.1) is 6.33 Å². The Bertz CT molecular complexity index is 471. The van der Waals surface area contributed by atoms with Crippen LogP contribution in [0.1, 0.15) is 6.42 Å². The van der Waals surface area contributed by atoms with Gasteiger partial charge in [-0.1, -0.05) is 11.6 Å². The molecular formula is C12H14ClN3S. The average molecular weight is 268 g/mol. The number of aryl methyl sites for hydroxylation is 1. The van der Waals surface area contributed by atoms with Gasteiger partial charge < -0.3 is 10.3 Å². The van der Waals surface area contributed by atoms with E-state index in [1.54, 1.807) is 24.0 Å². The van der Waals surface area contributed by atoms with E-state index in [2.05, 4.69) is 9.55 Å². The Morgan fingerprint density at radius 2 is 2.29 bits per heavy atom. The average Bonchev–Trinajstić information content (AvgIpc) is 2.79. The van der Waals surface area contributed by atoms with Crippen LogP contribution >= 0.6 is 23.4 Å². The molecule has 0 unspecified atom stereocenters. The Kier molecular flexibility index (Phi) is 4.34. The van der Waals surface area contributed by atoms with E-state index < -0.39 is 0 Å². The summed E-state index contributed by atoms with van der Waals surface area (Å²) in [6, 6.07) is 5.63. The highest BCUT2D eigenvalue weighted by molar-refractivity contribution is 7.99. The molecule has 0 saturated carbocycles. The number of nitrogen functional groups attached to an aromatic ring is 1. The minimum atomic E-state index is 0.685. The molecule has 0 aliphatic rings. The van der Waals surface area contributed by atoms with E-state index in [0.717, 1.165) is 29.3 Å². The van der Waals surface area contributed by atoms with Crippen LogP contribution in [0.5, 0.6) is 0 Å². The fourth-order valence-corrected chi connectivity index (χ4v) is 2.56. The molecule has 2 N–H and O–H groups in total. The number of thioether (sulfide) groups is 1. The third-order valence-corrected chi connectivity index (χ3v) is 3.76. The predicted molar refractivity (Wildman–Crippen MR) is 73.4 cm³/mol. The first-order chi connectivity index (χ1) is 8.25. The minimum absolute atomic E-state index is 0.685. The van der Waals surface area contributed by atoms with Crippen LogP contribution in [0.4, 0.5) is 5.69 Å². The first kappa shape index (κ1) is 12.3. The highest BCUT2D eigenvalue weighted by Gasteiger charge is 2.00. The van der Waals surface area contributed by atoms with Crippen molar-refractivity contribution in [1.29, 1.82) is 0 Å². The lowest BCUT2D eigenvalue weighted by Crippen LogP contribution is -1.96. The Balaban J connectivity index is 1.78. The molecule has 1 aromatic carbocycles. The number of anilines is 1. The quantitative estimate of drug-likeness (QED) is 0.514. The molecule has 5 heteroatoms. The molecule has 1 aromatic heterocycles. The Morgan fingerprint density at radius 3 is 3.00 bits per heavy atom. The first-order valence-electron chi connectivity index (χ1n) is 5.39. The molecule has 0 spiro atoms. The van der Waals surface area contributed by atoms with Crippen molar-refractivity contribution < 1.29 is 0 Å². The summed E-state index contributed by atoms with van der Waals surface area (Å²) >= 11 is 7.61. The van der Waals surface area contributed by atoms with Gasteiger partial charge in [-0.2, -0.15) is 0 Å². The zero-order valence-electron chi connectivity index (χ0n) is 9.34. The molecule has 2 aromatic rings. The van der Waals surface area contributed by atoms with E-state index in [1.807, 2.05) is 24.7 Å². The fourth-order valence-electron chi connectivity index (χ4n) is 1.50. The number of hydrogen-bond acceptors (Lipinski definition) is 3. The van der Waals surface area contributed by atoms with Gasteiger partial charge in [0.1, 0.15) is 0 Å². The van der Waals surface area contributed by atoms with E-state index in [-0.39, 0.29) is 0 Å². The Morgan fingerprint density at radius 1 is 1.41 bits per heavy atom. The van der Waals surface area contributed by atoms with Crippen molar-refractivity contribution in [3.8, 4) is 0 Å². The van der Waals surface area contributed by atoms with Crippen LogP contribution in [-0.2, 0) is 6.54 Å². The fraction of sp³-hybridized carbons (Fsp3) is 0.250. The maximum Gasteiger partial charge on any atom is 0.0945 e. The lowest BCUT2D eigenvalue weighted by molar-refractivity contribution is 0.683. The van der Waals surface area contributed by atoms with Crippen LogP contribution in [0.3, 0.4) is 0 Å². The summed E-state index contributed by atoms with van der Waals surface area (Å²) in [5.41, 5.74) is 6.63. The number of nitrogens with two attached hydrogens (primary N) is 1. The summed E-state index contributed by atoms with van der Waals surface area (Å²) in [7, 11) is 0. The van der Waals surface area contributed by atoms with Gasteiger partial charge >= 0.3 is 0 Å². The summed E-state index contributed by atoms with van der Waals surface area (Å²) in [6.07, 6.45) is 6.69. The monoisotopic (exact) mass is 267 g/mol. The number of rotatable bonds is 5. The third-order valence-electron chi connectivity index (χ3n) is 2.35. The Hall–Kier alpha value is -1.13. The normalized spacial score (nSPS) is 10.6. The van der Waals surface area contributed by atoms with Gasteiger partial charge in [-0.05, 0) is 30.4 Å². The molecule has 1 heterocycles. The maximum atomic E-state index is 5.88. The Labute approximate surface area is 110 Å². The van der Waals surface area contributed by atoms with E-state index in [1.165, 1.54) is 0 Å². The predicted octanol–water partition coefficient (Wildman–Crippen LogP) is 3.30. The van der Waals surface area contributed by atoms with Gasteiger partial charge in [-0.15, -0.1) is 11.8 Å². The van der Waals surface area contributed by atoms with Crippen molar-refractivity contribution in [1.82, 2.24) is 9.55 Å². The SMILES string of the molecule is Nc1cc(Cl)ccc1SCCCn1ccnc1. The van der Waals surface area contributed by atoms with Gasteiger partial charge in [0.15, 0.2) is 0 Å². The molecule has 0 aliphatic heterocycles. The van der Waals surface area contributed by atoms with Crippen LogP contribution in [0, 0.1) is 0 Å². The zero-order chi connectivity index (χ0) is 12.1. The van der Waals surface area contributed by atoms with Gasteiger partial charge in [0.2, 0.25) is 0 Å². The van der Waals surface area contributed by atoms with Crippen LogP contribution in [-0.4, -0.2) is 15.3 Å². The van der Waals surface area contributed by atoms with Gasteiger partial charge in [0, 0.05) is 34.5 Å². The lowest BCUT2D eigenvalue weighted by atomic mass is 10.3. The molecule has 90 valence electrons. The van der Waals surface area contributed by atoms with Crippen LogP contribution < -0.4 is 5.73 Å². The third kappa shape index (κ3) is 3.68. The number of imidazole rings is 1. The van der Waals surface area contributed by atoms with E-state index in [9.17, 15) is 0 Å². The highest BCUT2D eigenvalue weighted by atomic mass is 35.5. The molecule has 0 bridgehead atoms. The second kappa shape index (κ2) is 5.98. The van der Waals surface area contributed by atoms with Crippen LogP contribution in [0.25, 0.3) is 0 Å². The largest absolute Gasteiger partial charge is 0.398 e. The number of benzene rings is 1. The molecular weight excluding hydrogens is 254 g/mol. The molecule has 0 fully saturated rings. The number of aromatic nitrogens is 2. The molecule has 0 atom stereocenters. The topological polar surface area (TPSA) is 43.8 Å². The second-order valence-electron chi connectivity index (χ2n) is 3.68. The summed E-state index contributed by atoms with van der Waals surface area (Å²) in [6.45, 7) is 0.987. The van der Waals surface area contributed by atoms with Crippen molar-refractivity contribution in [2.45, 2.75) is 17.9 Å². The molecule has 2 rings (SSSR count). The van der Waals surface area contributed by atoms with Crippen molar-refractivity contribution in [3.63, 3.8) is 0 Å². The molecule has 17 heavy (non-hydrogen) atoms. The van der Waals surface area contributed by atoms with Crippen molar-refractivity contribution in [3.05, 3.63) is 41.9 Å². The smallest absolute Gasteiger partial charge is 0.0945 e. The molecule has 0 amide bonds. The standard InChI is InChI=1S/C12H14ClN3S/c13-10-2-3-12(11(14)8-10)17-7-1-5-16-6-4-15-9-16/h2-4,6,8-9H,1,5,7,14H2. The summed E-state index contributed by atoms with van der Waals surface area (Å²) in [4.78, 5) is 5.10. The summed E-state index contributed by atoms with van der Waals surface area (Å²) in [5, 5.41) is 0.685. The van der Waals surface area contributed by atoms with E-state index in [4.69, 9.17) is 17.3 Å². The summed E-state index contributed by atoms with van der Waals surface area (Å²) < 4.78 is 2.08. The lowest BCUT2D eigenvalue weighted by Gasteiger charge is -2.06. The molecule has 3 nitrogen and oxygen atoms in total. The zero-order valence-corrected chi connectivity index (χ0v) is 10.9. The van der Waals surface area contributed by atoms with Gasteiger partial charge in [0.25, 0.3) is 0 Å². The number of nitrogens with zero attached hydrogens (tertiary/aromatic N) is 2. The van der Waals surface area contributed by atoms with Gasteiger partial charge in [-0.25, -0.2) is 4.98 Å². The van der Waals surface area contributed by atoms with Gasteiger partial charge in [-0.3, -0.25) is 0 Å². The van der Waals surface area contributed by atoms with Crippen LogP contribution in [0.2, 0.25) is 5.02 Å². The molecule has 0 saturated heterocycles. The number of halogens is 1. The first-order valence-corrected chi connectivity index (χ1v) is 6.75. The minimum Gasteiger partial charge on any atom is -0.398 e. The second-order valence-corrected chi connectivity index (χ2v) is 5.26. The molecule has 0 aliphatic carbocycles. The van der Waals surface area contributed by atoms with Crippen LogP contribution in [0.15, 0.2) is 41.8 Å². The van der Waals surface area contributed by atoms with E-state index >= 15 is 0 Å². The molecule has 0 radical (unpaired) electrons. The number of hydrogen-bond donors (Lipinski definition) is 1. The summed E-state index contributed by atoms with van der Waals surface area (Å²) in [5.74, 6) is 1.03. The van der Waals surface area contributed by atoms with E-state index in [0.29, 0.717) is 5.02 Å². The maximum absolute atomic E-state index is 5.88. The van der Waals surface area contributed by atoms with Crippen molar-refractivity contribution >= 4 is 29.1 Å². The van der Waals surface area contributed by atoms with Crippen molar-refractivity contribution in [2.24, 2.45) is 0 Å². The highest BCUT2D eigenvalue weighted by Crippen LogP contribution is 2.28.